The number of hydrogen-bond donors (Lipinski definition) is 0. The molecular formula is C17H16O3S2. The maximum Gasteiger partial charge on any atom is 0.340 e. The molecule has 0 aromatic heterocycles. The first kappa shape index (κ1) is 16.6. The van der Waals surface area contributed by atoms with E-state index in [1.807, 2.05) is 60.7 Å². The number of ketones is 1. The van der Waals surface area contributed by atoms with Crippen LogP contribution in [0.15, 0.2) is 70.5 Å². The van der Waals surface area contributed by atoms with Crippen LogP contribution in [0.4, 0.5) is 0 Å². The van der Waals surface area contributed by atoms with Gasteiger partial charge in [0.2, 0.25) is 4.08 Å². The molecule has 0 amide bonds. The molecule has 0 aliphatic heterocycles. The number of carbonyl (C=O) groups excluding carboxylic acids is 2. The minimum atomic E-state index is -1.35. The zero-order valence-corrected chi connectivity index (χ0v) is 13.9. The van der Waals surface area contributed by atoms with Gasteiger partial charge >= 0.3 is 5.97 Å². The Morgan fingerprint density at radius 1 is 0.864 bits per heavy atom. The fourth-order valence-electron chi connectivity index (χ4n) is 1.83. The molecule has 0 aliphatic rings. The monoisotopic (exact) mass is 332 g/mol. The van der Waals surface area contributed by atoms with Crippen LogP contribution in [0.3, 0.4) is 0 Å². The molecule has 0 spiro atoms. The molecule has 0 radical (unpaired) electrons. The molecule has 0 N–H and O–H groups in total. The standard InChI is InChI=1S/C17H16O3S2/c1-13(18)17(16(19)20-2,21-14-9-5-3-6-10-14)22-15-11-7-4-8-12-15/h3-12H,1-2H3. The second kappa shape index (κ2) is 7.51. The summed E-state index contributed by atoms with van der Waals surface area (Å²) in [5.41, 5.74) is 0. The first-order chi connectivity index (χ1) is 10.6. The predicted octanol–water partition coefficient (Wildman–Crippen LogP) is 4.03. The molecule has 0 aliphatic carbocycles. The normalized spacial score (nSPS) is 11.0. The summed E-state index contributed by atoms with van der Waals surface area (Å²) in [6.45, 7) is 1.42. The summed E-state index contributed by atoms with van der Waals surface area (Å²) in [6.07, 6.45) is 0. The Kier molecular flexibility index (Phi) is 5.69. The maximum absolute atomic E-state index is 12.4. The van der Waals surface area contributed by atoms with E-state index in [-0.39, 0.29) is 5.78 Å². The molecule has 0 atom stereocenters. The van der Waals surface area contributed by atoms with Crippen molar-refractivity contribution in [3.8, 4) is 0 Å². The first-order valence-electron chi connectivity index (χ1n) is 6.66. The van der Waals surface area contributed by atoms with Gasteiger partial charge in [-0.2, -0.15) is 0 Å². The third kappa shape index (κ3) is 3.72. The van der Waals surface area contributed by atoms with E-state index in [0.29, 0.717) is 0 Å². The third-order valence-electron chi connectivity index (χ3n) is 2.93. The van der Waals surface area contributed by atoms with Crippen LogP contribution < -0.4 is 0 Å². The highest BCUT2D eigenvalue weighted by molar-refractivity contribution is 8.20. The zero-order chi connectivity index (χ0) is 16.0. The average molecular weight is 332 g/mol. The van der Waals surface area contributed by atoms with E-state index >= 15 is 0 Å². The molecule has 114 valence electrons. The molecule has 0 fully saturated rings. The van der Waals surface area contributed by atoms with E-state index in [9.17, 15) is 9.59 Å². The summed E-state index contributed by atoms with van der Waals surface area (Å²) < 4.78 is 3.57. The molecule has 5 heteroatoms. The van der Waals surface area contributed by atoms with Crippen molar-refractivity contribution in [2.24, 2.45) is 0 Å². The second-order valence-corrected chi connectivity index (χ2v) is 7.33. The van der Waals surface area contributed by atoms with E-state index < -0.39 is 10.0 Å². The van der Waals surface area contributed by atoms with Crippen LogP contribution in [-0.4, -0.2) is 22.9 Å². The highest BCUT2D eigenvalue weighted by Crippen LogP contribution is 2.47. The van der Waals surface area contributed by atoms with E-state index in [0.717, 1.165) is 9.79 Å². The highest BCUT2D eigenvalue weighted by atomic mass is 32.2. The zero-order valence-electron chi connectivity index (χ0n) is 12.3. The number of thioether (sulfide) groups is 2. The molecule has 2 aromatic carbocycles. The third-order valence-corrected chi connectivity index (χ3v) is 5.93. The van der Waals surface area contributed by atoms with Crippen LogP contribution in [0.25, 0.3) is 0 Å². The average Bonchev–Trinajstić information content (AvgIpc) is 2.55. The smallest absolute Gasteiger partial charge is 0.340 e. The van der Waals surface area contributed by atoms with Gasteiger partial charge in [-0.15, -0.1) is 0 Å². The van der Waals surface area contributed by atoms with Crippen molar-refractivity contribution in [2.75, 3.05) is 7.11 Å². The van der Waals surface area contributed by atoms with Gasteiger partial charge in [-0.05, 0) is 31.2 Å². The Hall–Kier alpha value is -1.72. The Balaban J connectivity index is 2.42. The topological polar surface area (TPSA) is 43.4 Å². The largest absolute Gasteiger partial charge is 0.467 e. The number of ether oxygens (including phenoxy) is 1. The van der Waals surface area contributed by atoms with Gasteiger partial charge in [0, 0.05) is 9.79 Å². The molecule has 0 heterocycles. The minimum absolute atomic E-state index is 0.248. The molecule has 3 nitrogen and oxygen atoms in total. The lowest BCUT2D eigenvalue weighted by molar-refractivity contribution is -0.143. The first-order valence-corrected chi connectivity index (χ1v) is 8.29. The van der Waals surface area contributed by atoms with Crippen LogP contribution in [0.2, 0.25) is 0 Å². The lowest BCUT2D eigenvalue weighted by Crippen LogP contribution is -2.39. The molecule has 22 heavy (non-hydrogen) atoms. The Labute approximate surface area is 138 Å². The van der Waals surface area contributed by atoms with Gasteiger partial charge in [-0.25, -0.2) is 4.79 Å². The SMILES string of the molecule is COC(=O)C(Sc1ccccc1)(Sc1ccccc1)C(C)=O. The fourth-order valence-corrected chi connectivity index (χ4v) is 4.45. The predicted molar refractivity (Wildman–Crippen MR) is 90.0 cm³/mol. The van der Waals surface area contributed by atoms with Gasteiger partial charge in [0.1, 0.15) is 0 Å². The molecule has 0 saturated carbocycles. The number of rotatable bonds is 6. The van der Waals surface area contributed by atoms with Crippen molar-refractivity contribution >= 4 is 35.3 Å². The van der Waals surface area contributed by atoms with E-state index in [1.54, 1.807) is 0 Å². The van der Waals surface area contributed by atoms with Gasteiger partial charge in [0.05, 0.1) is 7.11 Å². The fraction of sp³-hybridized carbons (Fsp3) is 0.176. The van der Waals surface area contributed by atoms with Gasteiger partial charge < -0.3 is 4.74 Å². The molecule has 2 rings (SSSR count). The van der Waals surface area contributed by atoms with Crippen LogP contribution in [0.1, 0.15) is 6.92 Å². The lowest BCUT2D eigenvalue weighted by atomic mass is 10.3. The summed E-state index contributed by atoms with van der Waals surface area (Å²) in [5.74, 6) is -0.801. The number of methoxy groups -OCH3 is 1. The minimum Gasteiger partial charge on any atom is -0.467 e. The van der Waals surface area contributed by atoms with Crippen molar-refractivity contribution in [1.29, 1.82) is 0 Å². The van der Waals surface area contributed by atoms with E-state index in [1.165, 1.54) is 37.6 Å². The summed E-state index contributed by atoms with van der Waals surface area (Å²) in [5, 5.41) is 0. The molecule has 2 aromatic rings. The Morgan fingerprint density at radius 2 is 1.27 bits per heavy atom. The van der Waals surface area contributed by atoms with Crippen LogP contribution >= 0.6 is 23.5 Å². The van der Waals surface area contributed by atoms with Crippen LogP contribution in [0.5, 0.6) is 0 Å². The number of esters is 1. The van der Waals surface area contributed by atoms with Gasteiger partial charge in [0.25, 0.3) is 0 Å². The summed E-state index contributed by atoms with van der Waals surface area (Å²) >= 11 is 2.42. The molecule has 0 saturated heterocycles. The second-order valence-electron chi connectivity index (χ2n) is 4.49. The maximum atomic E-state index is 12.4. The van der Waals surface area contributed by atoms with E-state index in [4.69, 9.17) is 4.74 Å². The van der Waals surface area contributed by atoms with Crippen molar-refractivity contribution < 1.29 is 14.3 Å². The van der Waals surface area contributed by atoms with Gasteiger partial charge in [0.15, 0.2) is 5.78 Å². The van der Waals surface area contributed by atoms with Crippen molar-refractivity contribution in [3.63, 3.8) is 0 Å². The van der Waals surface area contributed by atoms with Crippen molar-refractivity contribution in [2.45, 2.75) is 20.8 Å². The Bertz CT molecular complexity index is 600. The molecular weight excluding hydrogens is 316 g/mol. The molecule has 0 unspecified atom stereocenters. The van der Waals surface area contributed by atoms with E-state index in [2.05, 4.69) is 0 Å². The number of benzene rings is 2. The summed E-state index contributed by atoms with van der Waals surface area (Å²) in [4.78, 5) is 26.4. The van der Waals surface area contributed by atoms with Gasteiger partial charge in [-0.1, -0.05) is 59.9 Å². The summed E-state index contributed by atoms with van der Waals surface area (Å²) in [6, 6.07) is 18.8. The molecule has 0 bridgehead atoms. The Morgan fingerprint density at radius 3 is 1.59 bits per heavy atom. The van der Waals surface area contributed by atoms with Crippen LogP contribution in [-0.2, 0) is 14.3 Å². The van der Waals surface area contributed by atoms with Crippen molar-refractivity contribution in [3.05, 3.63) is 60.7 Å². The highest BCUT2D eigenvalue weighted by Gasteiger charge is 2.47. The van der Waals surface area contributed by atoms with Gasteiger partial charge in [-0.3, -0.25) is 4.79 Å². The number of Topliss-reactive ketones (excluding diaryl/α,β-unsaturated/α-hetero) is 1. The number of carbonyl (C=O) groups is 2. The lowest BCUT2D eigenvalue weighted by Gasteiger charge is -2.27. The quantitative estimate of drug-likeness (QED) is 0.346. The van der Waals surface area contributed by atoms with Crippen LogP contribution in [0, 0.1) is 0 Å². The summed E-state index contributed by atoms with van der Waals surface area (Å²) in [7, 11) is 1.30. The van der Waals surface area contributed by atoms with Crippen molar-refractivity contribution in [1.82, 2.24) is 0 Å². The number of hydrogen-bond acceptors (Lipinski definition) is 5.